The van der Waals surface area contributed by atoms with Crippen molar-refractivity contribution in [3.05, 3.63) is 0 Å². The second kappa shape index (κ2) is 6.47. The summed E-state index contributed by atoms with van der Waals surface area (Å²) in [5.41, 5.74) is 5.37. The Labute approximate surface area is 95.7 Å². The second-order valence-electron chi connectivity index (χ2n) is 4.49. The van der Waals surface area contributed by atoms with Crippen LogP contribution in [0.1, 0.15) is 32.6 Å². The molecule has 0 spiro atoms. The lowest BCUT2D eigenvalue weighted by molar-refractivity contribution is -0.0342. The van der Waals surface area contributed by atoms with Gasteiger partial charge in [0, 0.05) is 18.7 Å². The maximum atomic E-state index is 12.2. The molecule has 0 aromatic carbocycles. The number of hydrogen-bond donors (Lipinski definition) is 2. The Hall–Kier alpha value is -0.260. The van der Waals surface area contributed by atoms with Crippen LogP contribution in [0.2, 0.25) is 0 Å². The van der Waals surface area contributed by atoms with Gasteiger partial charge in [-0.25, -0.2) is 8.78 Å². The molecule has 0 amide bonds. The lowest BCUT2D eigenvalue weighted by Gasteiger charge is -2.41. The highest BCUT2D eigenvalue weighted by atomic mass is 19.3. The zero-order valence-corrected chi connectivity index (χ0v) is 9.85. The van der Waals surface area contributed by atoms with Gasteiger partial charge in [0.05, 0.1) is 12.6 Å². The van der Waals surface area contributed by atoms with Crippen molar-refractivity contribution in [1.82, 2.24) is 5.32 Å². The molecule has 1 saturated heterocycles. The summed E-state index contributed by atoms with van der Waals surface area (Å²) in [7, 11) is 0. The fraction of sp³-hybridized carbons (Fsp3) is 1.00. The first kappa shape index (κ1) is 13.8. The summed E-state index contributed by atoms with van der Waals surface area (Å²) < 4.78 is 30.0. The van der Waals surface area contributed by atoms with E-state index in [-0.39, 0.29) is 18.2 Å². The average Bonchev–Trinajstić information content (AvgIpc) is 2.27. The Morgan fingerprint density at radius 1 is 1.56 bits per heavy atom. The van der Waals surface area contributed by atoms with Crippen LogP contribution in [0.25, 0.3) is 0 Å². The molecular weight excluding hydrogens is 214 g/mol. The van der Waals surface area contributed by atoms with Gasteiger partial charge >= 0.3 is 0 Å². The normalized spacial score (nSPS) is 30.9. The molecule has 1 aliphatic heterocycles. The van der Waals surface area contributed by atoms with Gasteiger partial charge in [0.15, 0.2) is 0 Å². The largest absolute Gasteiger partial charge is 0.378 e. The van der Waals surface area contributed by atoms with Crippen LogP contribution in [-0.2, 0) is 4.74 Å². The van der Waals surface area contributed by atoms with Crippen molar-refractivity contribution < 1.29 is 13.5 Å². The molecule has 3 nitrogen and oxygen atoms in total. The van der Waals surface area contributed by atoms with Gasteiger partial charge in [0.2, 0.25) is 0 Å². The highest BCUT2D eigenvalue weighted by molar-refractivity contribution is 4.94. The van der Waals surface area contributed by atoms with Crippen LogP contribution >= 0.6 is 0 Å². The quantitative estimate of drug-likeness (QED) is 0.735. The summed E-state index contributed by atoms with van der Waals surface area (Å²) in [6, 6.07) is 0. The molecule has 0 aromatic rings. The molecule has 1 heterocycles. The molecule has 0 aromatic heterocycles. The predicted octanol–water partition coefficient (Wildman–Crippen LogP) is 1.52. The molecule has 2 atom stereocenters. The zero-order chi connectivity index (χ0) is 12.0. The Bertz CT molecular complexity index is 202. The van der Waals surface area contributed by atoms with E-state index in [1.54, 1.807) is 0 Å². The molecule has 0 bridgehead atoms. The van der Waals surface area contributed by atoms with Gasteiger partial charge in [-0.3, -0.25) is 0 Å². The standard InChI is InChI=1S/C11H22F2N2O/c1-2-3-9-6-11(8-14,4-5-16-9)15-7-10(12)13/h9-10,15H,2-8,14H2,1H3. The third-order valence-electron chi connectivity index (χ3n) is 3.19. The van der Waals surface area contributed by atoms with Crippen molar-refractivity contribution in [3.63, 3.8) is 0 Å². The Morgan fingerprint density at radius 3 is 2.88 bits per heavy atom. The third kappa shape index (κ3) is 3.96. The molecule has 1 aliphatic rings. The van der Waals surface area contributed by atoms with Gasteiger partial charge < -0.3 is 15.8 Å². The monoisotopic (exact) mass is 236 g/mol. The molecule has 0 aliphatic carbocycles. The first-order valence-electron chi connectivity index (χ1n) is 5.97. The highest BCUT2D eigenvalue weighted by Crippen LogP contribution is 2.26. The zero-order valence-electron chi connectivity index (χ0n) is 9.85. The van der Waals surface area contributed by atoms with Crippen molar-refractivity contribution in [2.45, 2.75) is 50.7 Å². The van der Waals surface area contributed by atoms with Gasteiger partial charge in [-0.2, -0.15) is 0 Å². The fourth-order valence-corrected chi connectivity index (χ4v) is 2.24. The minimum absolute atomic E-state index is 0.160. The number of alkyl halides is 2. The predicted molar refractivity (Wildman–Crippen MR) is 59.7 cm³/mol. The number of halogens is 2. The van der Waals surface area contributed by atoms with E-state index in [0.717, 1.165) is 25.7 Å². The van der Waals surface area contributed by atoms with Crippen LogP contribution in [0.15, 0.2) is 0 Å². The summed E-state index contributed by atoms with van der Waals surface area (Å²) in [6.07, 6.45) is 1.31. The molecule has 96 valence electrons. The van der Waals surface area contributed by atoms with Crippen molar-refractivity contribution in [3.8, 4) is 0 Å². The summed E-state index contributed by atoms with van der Waals surface area (Å²) in [4.78, 5) is 0. The third-order valence-corrected chi connectivity index (χ3v) is 3.19. The Morgan fingerprint density at radius 2 is 2.31 bits per heavy atom. The summed E-state index contributed by atoms with van der Waals surface area (Å²) >= 11 is 0. The number of rotatable bonds is 6. The Kier molecular flexibility index (Phi) is 5.58. The molecule has 5 heteroatoms. The molecule has 0 saturated carbocycles. The maximum Gasteiger partial charge on any atom is 0.250 e. The highest BCUT2D eigenvalue weighted by Gasteiger charge is 2.35. The number of nitrogens with one attached hydrogen (secondary N) is 1. The van der Waals surface area contributed by atoms with Gasteiger partial charge in [0.25, 0.3) is 6.43 Å². The van der Waals surface area contributed by atoms with Crippen LogP contribution in [0.5, 0.6) is 0 Å². The number of nitrogens with two attached hydrogens (primary N) is 1. The van der Waals surface area contributed by atoms with Gasteiger partial charge in [-0.15, -0.1) is 0 Å². The molecule has 2 unspecified atom stereocenters. The number of ether oxygens (including phenoxy) is 1. The van der Waals surface area contributed by atoms with E-state index in [4.69, 9.17) is 10.5 Å². The molecule has 16 heavy (non-hydrogen) atoms. The molecule has 0 radical (unpaired) electrons. The fourth-order valence-electron chi connectivity index (χ4n) is 2.24. The lowest BCUT2D eigenvalue weighted by Crippen LogP contribution is -2.57. The molecular formula is C11H22F2N2O. The smallest absolute Gasteiger partial charge is 0.250 e. The van der Waals surface area contributed by atoms with Crippen molar-refractivity contribution >= 4 is 0 Å². The van der Waals surface area contributed by atoms with Gasteiger partial charge in [-0.1, -0.05) is 13.3 Å². The van der Waals surface area contributed by atoms with E-state index < -0.39 is 6.43 Å². The first-order chi connectivity index (χ1) is 7.62. The van der Waals surface area contributed by atoms with E-state index in [2.05, 4.69) is 12.2 Å². The van der Waals surface area contributed by atoms with Crippen LogP contribution < -0.4 is 11.1 Å². The van der Waals surface area contributed by atoms with Crippen LogP contribution in [0.4, 0.5) is 8.78 Å². The lowest BCUT2D eigenvalue weighted by atomic mass is 9.85. The van der Waals surface area contributed by atoms with Crippen molar-refractivity contribution in [1.29, 1.82) is 0 Å². The minimum Gasteiger partial charge on any atom is -0.378 e. The summed E-state index contributed by atoms with van der Waals surface area (Å²) in [5.74, 6) is 0. The molecule has 1 fully saturated rings. The van der Waals surface area contributed by atoms with Crippen molar-refractivity contribution in [2.75, 3.05) is 19.7 Å². The summed E-state index contributed by atoms with van der Waals surface area (Å²) in [6.45, 7) is 2.81. The van der Waals surface area contributed by atoms with Crippen LogP contribution in [0, 0.1) is 0 Å². The topological polar surface area (TPSA) is 47.3 Å². The second-order valence-corrected chi connectivity index (χ2v) is 4.49. The maximum absolute atomic E-state index is 12.2. The first-order valence-corrected chi connectivity index (χ1v) is 5.97. The SMILES string of the molecule is CCCC1CC(CN)(NCC(F)F)CCO1. The van der Waals surface area contributed by atoms with E-state index in [9.17, 15) is 8.78 Å². The van der Waals surface area contributed by atoms with Crippen molar-refractivity contribution in [2.24, 2.45) is 5.73 Å². The van der Waals surface area contributed by atoms with E-state index in [1.807, 2.05) is 0 Å². The average molecular weight is 236 g/mol. The van der Waals surface area contributed by atoms with E-state index in [0.29, 0.717) is 13.2 Å². The molecule has 1 rings (SSSR count). The van der Waals surface area contributed by atoms with E-state index >= 15 is 0 Å². The molecule has 3 N–H and O–H groups in total. The van der Waals surface area contributed by atoms with Crippen LogP contribution in [-0.4, -0.2) is 37.8 Å². The van der Waals surface area contributed by atoms with Gasteiger partial charge in [0.1, 0.15) is 0 Å². The van der Waals surface area contributed by atoms with Crippen LogP contribution in [0.3, 0.4) is 0 Å². The van der Waals surface area contributed by atoms with Gasteiger partial charge in [-0.05, 0) is 19.3 Å². The summed E-state index contributed by atoms with van der Waals surface area (Å²) in [5, 5.41) is 2.92. The van der Waals surface area contributed by atoms with E-state index in [1.165, 1.54) is 0 Å². The number of hydrogen-bond acceptors (Lipinski definition) is 3. The minimum atomic E-state index is -2.32. The Balaban J connectivity index is 2.49.